The van der Waals surface area contributed by atoms with Crippen molar-refractivity contribution < 1.29 is 4.74 Å². The molecule has 2 rings (SSSR count). The van der Waals surface area contributed by atoms with Gasteiger partial charge in [0.05, 0.1) is 0 Å². The highest BCUT2D eigenvalue weighted by Gasteiger charge is 2.04. The number of nitrogens with one attached hydrogen (secondary N) is 1. The molecule has 0 amide bonds. The lowest BCUT2D eigenvalue weighted by Crippen LogP contribution is -2.21. The number of nitrogens with zero attached hydrogens (tertiary/aromatic N) is 1. The Hall–Kier alpha value is -1.87. The number of rotatable bonds is 6. The third kappa shape index (κ3) is 4.07. The molecule has 1 aromatic heterocycles. The van der Waals surface area contributed by atoms with Gasteiger partial charge in [-0.3, -0.25) is 0 Å². The summed E-state index contributed by atoms with van der Waals surface area (Å²) in [4.78, 5) is 4.37. The van der Waals surface area contributed by atoms with Crippen molar-refractivity contribution in [2.45, 2.75) is 39.8 Å². The molecule has 0 radical (unpaired) electrons. The number of aryl methyl sites for hydroxylation is 1. The molecule has 106 valence electrons. The van der Waals surface area contributed by atoms with E-state index in [1.165, 1.54) is 5.56 Å². The van der Waals surface area contributed by atoms with E-state index < -0.39 is 0 Å². The van der Waals surface area contributed by atoms with Gasteiger partial charge < -0.3 is 10.1 Å². The number of aromatic nitrogens is 1. The minimum atomic E-state index is 0.474. The summed E-state index contributed by atoms with van der Waals surface area (Å²) >= 11 is 0. The molecule has 0 aliphatic rings. The summed E-state index contributed by atoms with van der Waals surface area (Å²) in [5, 5.41) is 3.37. The second kappa shape index (κ2) is 7.06. The number of hydrogen-bond acceptors (Lipinski definition) is 3. The first-order valence-corrected chi connectivity index (χ1v) is 7.13. The molecule has 0 fully saturated rings. The second-order valence-electron chi connectivity index (χ2n) is 5.10. The molecule has 1 heterocycles. The van der Waals surface area contributed by atoms with Crippen molar-refractivity contribution in [2.75, 3.05) is 0 Å². The van der Waals surface area contributed by atoms with Gasteiger partial charge >= 0.3 is 0 Å². The van der Waals surface area contributed by atoms with Crippen LogP contribution in [0.2, 0.25) is 0 Å². The molecular formula is C17H22N2O. The lowest BCUT2D eigenvalue weighted by atomic mass is 10.1. The Morgan fingerprint density at radius 3 is 2.60 bits per heavy atom. The molecule has 20 heavy (non-hydrogen) atoms. The quantitative estimate of drug-likeness (QED) is 0.863. The van der Waals surface area contributed by atoms with Gasteiger partial charge in [-0.15, -0.1) is 0 Å². The van der Waals surface area contributed by atoms with Gasteiger partial charge in [-0.1, -0.05) is 45.0 Å². The lowest BCUT2D eigenvalue weighted by Gasteiger charge is -2.10. The maximum absolute atomic E-state index is 5.85. The second-order valence-corrected chi connectivity index (χ2v) is 5.10. The topological polar surface area (TPSA) is 34.1 Å². The first-order valence-electron chi connectivity index (χ1n) is 7.13. The van der Waals surface area contributed by atoms with Gasteiger partial charge in [0, 0.05) is 24.8 Å². The number of ether oxygens (including phenoxy) is 1. The van der Waals surface area contributed by atoms with Crippen LogP contribution in [0.4, 0.5) is 0 Å². The molecule has 0 saturated heterocycles. The first kappa shape index (κ1) is 14.5. The minimum Gasteiger partial charge on any atom is -0.439 e. The lowest BCUT2D eigenvalue weighted by molar-refractivity contribution is 0.457. The number of para-hydroxylation sites is 1. The average molecular weight is 270 g/mol. The van der Waals surface area contributed by atoms with Crippen molar-refractivity contribution in [3.63, 3.8) is 0 Å². The molecule has 2 aromatic rings. The third-order valence-electron chi connectivity index (χ3n) is 3.08. The summed E-state index contributed by atoms with van der Waals surface area (Å²) in [6.45, 7) is 7.21. The fourth-order valence-corrected chi connectivity index (χ4v) is 1.91. The molecule has 3 nitrogen and oxygen atoms in total. The molecule has 0 atom stereocenters. The van der Waals surface area contributed by atoms with Gasteiger partial charge in [0.15, 0.2) is 0 Å². The molecule has 0 aliphatic heterocycles. The van der Waals surface area contributed by atoms with Gasteiger partial charge in [0.25, 0.3) is 0 Å². The van der Waals surface area contributed by atoms with E-state index in [9.17, 15) is 0 Å². The maximum atomic E-state index is 5.85. The highest BCUT2D eigenvalue weighted by Crippen LogP contribution is 2.24. The van der Waals surface area contributed by atoms with E-state index in [1.807, 2.05) is 36.5 Å². The van der Waals surface area contributed by atoms with Crippen molar-refractivity contribution >= 4 is 0 Å². The Morgan fingerprint density at radius 2 is 1.95 bits per heavy atom. The van der Waals surface area contributed by atoms with Gasteiger partial charge in [-0.05, 0) is 23.6 Å². The van der Waals surface area contributed by atoms with Crippen molar-refractivity contribution in [1.29, 1.82) is 0 Å². The monoisotopic (exact) mass is 270 g/mol. The smallest absolute Gasteiger partial charge is 0.219 e. The molecule has 1 aromatic carbocycles. The average Bonchev–Trinajstić information content (AvgIpc) is 2.47. The molecule has 0 spiro atoms. The molecular weight excluding hydrogens is 248 g/mol. The third-order valence-corrected chi connectivity index (χ3v) is 3.08. The Bertz CT molecular complexity index is 535. The van der Waals surface area contributed by atoms with Crippen LogP contribution in [0.1, 0.15) is 31.9 Å². The highest BCUT2D eigenvalue weighted by atomic mass is 16.5. The van der Waals surface area contributed by atoms with Crippen LogP contribution in [0.5, 0.6) is 11.6 Å². The van der Waals surface area contributed by atoms with Crippen molar-refractivity contribution in [3.05, 3.63) is 53.7 Å². The van der Waals surface area contributed by atoms with Crippen LogP contribution in [0, 0.1) is 0 Å². The van der Waals surface area contributed by atoms with Crippen LogP contribution in [-0.4, -0.2) is 11.0 Å². The van der Waals surface area contributed by atoms with Crippen LogP contribution in [0.15, 0.2) is 42.6 Å². The molecule has 0 aliphatic carbocycles. The van der Waals surface area contributed by atoms with Gasteiger partial charge in [-0.25, -0.2) is 4.98 Å². The molecule has 0 saturated carbocycles. The summed E-state index contributed by atoms with van der Waals surface area (Å²) in [5.74, 6) is 1.52. The van der Waals surface area contributed by atoms with E-state index in [0.717, 1.165) is 24.3 Å². The largest absolute Gasteiger partial charge is 0.439 e. The molecule has 0 bridgehead atoms. The van der Waals surface area contributed by atoms with Crippen molar-refractivity contribution in [1.82, 2.24) is 10.3 Å². The Kier molecular flexibility index (Phi) is 5.13. The number of hydrogen-bond donors (Lipinski definition) is 1. The summed E-state index contributed by atoms with van der Waals surface area (Å²) in [6.07, 6.45) is 2.81. The van der Waals surface area contributed by atoms with Gasteiger partial charge in [-0.2, -0.15) is 0 Å². The summed E-state index contributed by atoms with van der Waals surface area (Å²) in [6, 6.07) is 12.5. The molecule has 0 unspecified atom stereocenters. The molecule has 1 N–H and O–H groups in total. The molecule has 3 heteroatoms. The zero-order valence-corrected chi connectivity index (χ0v) is 12.4. The highest BCUT2D eigenvalue weighted by molar-refractivity contribution is 5.36. The Labute approximate surface area is 121 Å². The summed E-state index contributed by atoms with van der Waals surface area (Å²) in [5.41, 5.74) is 2.36. The predicted molar refractivity (Wildman–Crippen MR) is 82.1 cm³/mol. The normalized spacial score (nSPS) is 10.8. The van der Waals surface area contributed by atoms with Crippen LogP contribution < -0.4 is 10.1 Å². The standard InChI is InChI=1S/C17H22N2O/c1-4-15-7-5-6-8-16(15)20-17-10-9-14(12-19-17)11-18-13(2)3/h5-10,12-13,18H,4,11H2,1-3H3. The van der Waals surface area contributed by atoms with Crippen molar-refractivity contribution in [3.8, 4) is 11.6 Å². The van der Waals surface area contributed by atoms with E-state index in [2.05, 4.69) is 37.1 Å². The van der Waals surface area contributed by atoms with E-state index in [1.54, 1.807) is 0 Å². The zero-order chi connectivity index (χ0) is 14.4. The number of benzene rings is 1. The Balaban J connectivity index is 2.03. The van der Waals surface area contributed by atoms with E-state index >= 15 is 0 Å². The van der Waals surface area contributed by atoms with Gasteiger partial charge in [0.1, 0.15) is 5.75 Å². The van der Waals surface area contributed by atoms with E-state index in [0.29, 0.717) is 11.9 Å². The van der Waals surface area contributed by atoms with E-state index in [4.69, 9.17) is 4.74 Å². The van der Waals surface area contributed by atoms with Crippen LogP contribution in [-0.2, 0) is 13.0 Å². The van der Waals surface area contributed by atoms with Crippen LogP contribution >= 0.6 is 0 Å². The first-order chi connectivity index (χ1) is 9.69. The Morgan fingerprint density at radius 1 is 1.15 bits per heavy atom. The SMILES string of the molecule is CCc1ccccc1Oc1ccc(CNC(C)C)cn1. The maximum Gasteiger partial charge on any atom is 0.219 e. The van der Waals surface area contributed by atoms with Crippen LogP contribution in [0.3, 0.4) is 0 Å². The van der Waals surface area contributed by atoms with Crippen molar-refractivity contribution in [2.24, 2.45) is 0 Å². The van der Waals surface area contributed by atoms with E-state index in [-0.39, 0.29) is 0 Å². The van der Waals surface area contributed by atoms with Crippen LogP contribution in [0.25, 0.3) is 0 Å². The minimum absolute atomic E-state index is 0.474. The fourth-order valence-electron chi connectivity index (χ4n) is 1.91. The number of pyridine rings is 1. The fraction of sp³-hybridized carbons (Fsp3) is 0.353. The van der Waals surface area contributed by atoms with Gasteiger partial charge in [0.2, 0.25) is 5.88 Å². The summed E-state index contributed by atoms with van der Waals surface area (Å²) < 4.78 is 5.85. The zero-order valence-electron chi connectivity index (χ0n) is 12.4. The summed E-state index contributed by atoms with van der Waals surface area (Å²) in [7, 11) is 0. The predicted octanol–water partition coefficient (Wildman–Crippen LogP) is 3.93.